The molecule has 1 atom stereocenters. The highest BCUT2D eigenvalue weighted by molar-refractivity contribution is 5.92. The SMILES string of the molecule is O=C(c1ccc[nH]1)N1CCC(C(O)c2ccccc2)CC1. The molecule has 1 saturated heterocycles. The van der Waals surface area contributed by atoms with Gasteiger partial charge in [-0.2, -0.15) is 0 Å². The van der Waals surface area contributed by atoms with E-state index in [0.717, 1.165) is 18.4 Å². The van der Waals surface area contributed by atoms with E-state index in [0.29, 0.717) is 18.8 Å². The van der Waals surface area contributed by atoms with Gasteiger partial charge < -0.3 is 15.0 Å². The molecular weight excluding hydrogens is 264 g/mol. The molecule has 1 aromatic heterocycles. The Morgan fingerprint density at radius 3 is 2.48 bits per heavy atom. The van der Waals surface area contributed by atoms with Crippen LogP contribution >= 0.6 is 0 Å². The molecule has 2 heterocycles. The fraction of sp³-hybridized carbons (Fsp3) is 0.353. The first-order valence-electron chi connectivity index (χ1n) is 7.41. The summed E-state index contributed by atoms with van der Waals surface area (Å²) >= 11 is 0. The van der Waals surface area contributed by atoms with Crippen LogP contribution in [0.1, 0.15) is 35.0 Å². The number of aliphatic hydroxyl groups excluding tert-OH is 1. The van der Waals surface area contributed by atoms with E-state index in [4.69, 9.17) is 0 Å². The lowest BCUT2D eigenvalue weighted by Gasteiger charge is -2.34. The molecule has 0 aliphatic carbocycles. The summed E-state index contributed by atoms with van der Waals surface area (Å²) in [7, 11) is 0. The Labute approximate surface area is 124 Å². The lowest BCUT2D eigenvalue weighted by Crippen LogP contribution is -2.39. The minimum Gasteiger partial charge on any atom is -0.388 e. The van der Waals surface area contributed by atoms with E-state index in [-0.39, 0.29) is 11.8 Å². The third-order valence-corrected chi connectivity index (χ3v) is 4.24. The maximum absolute atomic E-state index is 12.2. The zero-order chi connectivity index (χ0) is 14.7. The Morgan fingerprint density at radius 1 is 1.14 bits per heavy atom. The minimum absolute atomic E-state index is 0.0488. The van der Waals surface area contributed by atoms with Crippen LogP contribution in [0.5, 0.6) is 0 Å². The molecule has 2 N–H and O–H groups in total. The van der Waals surface area contributed by atoms with E-state index in [9.17, 15) is 9.90 Å². The number of nitrogens with one attached hydrogen (secondary N) is 1. The molecule has 4 nitrogen and oxygen atoms in total. The van der Waals surface area contributed by atoms with Crippen molar-refractivity contribution in [3.05, 3.63) is 59.9 Å². The van der Waals surface area contributed by atoms with Crippen molar-refractivity contribution in [1.82, 2.24) is 9.88 Å². The van der Waals surface area contributed by atoms with Crippen molar-refractivity contribution < 1.29 is 9.90 Å². The van der Waals surface area contributed by atoms with Crippen LogP contribution < -0.4 is 0 Å². The molecule has 2 aromatic rings. The Kier molecular flexibility index (Phi) is 4.06. The van der Waals surface area contributed by atoms with Gasteiger partial charge >= 0.3 is 0 Å². The van der Waals surface area contributed by atoms with Crippen molar-refractivity contribution in [2.45, 2.75) is 18.9 Å². The molecule has 0 spiro atoms. The van der Waals surface area contributed by atoms with Gasteiger partial charge in [-0.1, -0.05) is 30.3 Å². The average Bonchev–Trinajstić information content (AvgIpc) is 3.09. The predicted molar refractivity (Wildman–Crippen MR) is 80.8 cm³/mol. The Balaban J connectivity index is 1.59. The second-order valence-electron chi connectivity index (χ2n) is 5.57. The van der Waals surface area contributed by atoms with Crippen molar-refractivity contribution in [3.63, 3.8) is 0 Å². The number of hydrogen-bond donors (Lipinski definition) is 2. The third kappa shape index (κ3) is 3.00. The van der Waals surface area contributed by atoms with Gasteiger partial charge in [-0.25, -0.2) is 0 Å². The maximum atomic E-state index is 12.2. The molecule has 1 aliphatic rings. The lowest BCUT2D eigenvalue weighted by molar-refractivity contribution is 0.0459. The fourth-order valence-electron chi connectivity index (χ4n) is 2.97. The first kappa shape index (κ1) is 13.9. The molecule has 1 amide bonds. The highest BCUT2D eigenvalue weighted by Crippen LogP contribution is 2.30. The number of rotatable bonds is 3. The van der Waals surface area contributed by atoms with E-state index in [1.54, 1.807) is 12.3 Å². The van der Waals surface area contributed by atoms with Crippen LogP contribution in [0.15, 0.2) is 48.7 Å². The summed E-state index contributed by atoms with van der Waals surface area (Å²) in [6.07, 6.45) is 3.00. The molecule has 0 radical (unpaired) electrons. The van der Waals surface area contributed by atoms with Gasteiger partial charge in [0.05, 0.1) is 6.10 Å². The second kappa shape index (κ2) is 6.14. The summed E-state index contributed by atoms with van der Waals surface area (Å²) in [4.78, 5) is 17.1. The second-order valence-corrected chi connectivity index (χ2v) is 5.57. The van der Waals surface area contributed by atoms with E-state index in [1.165, 1.54) is 0 Å². The van der Waals surface area contributed by atoms with Gasteiger partial charge in [0, 0.05) is 19.3 Å². The fourth-order valence-corrected chi connectivity index (χ4v) is 2.97. The van der Waals surface area contributed by atoms with Gasteiger partial charge in [0.1, 0.15) is 5.69 Å². The molecule has 1 aromatic carbocycles. The summed E-state index contributed by atoms with van der Waals surface area (Å²) < 4.78 is 0. The van der Waals surface area contributed by atoms with E-state index in [1.807, 2.05) is 41.3 Å². The normalized spacial score (nSPS) is 17.7. The number of aromatic amines is 1. The van der Waals surface area contributed by atoms with Crippen molar-refractivity contribution in [2.24, 2.45) is 5.92 Å². The first-order chi connectivity index (χ1) is 10.3. The first-order valence-corrected chi connectivity index (χ1v) is 7.41. The lowest BCUT2D eigenvalue weighted by atomic mass is 9.87. The Bertz CT molecular complexity index is 572. The van der Waals surface area contributed by atoms with Crippen LogP contribution in [-0.4, -0.2) is 34.0 Å². The zero-order valence-corrected chi connectivity index (χ0v) is 11.9. The highest BCUT2D eigenvalue weighted by atomic mass is 16.3. The van der Waals surface area contributed by atoms with Crippen molar-refractivity contribution >= 4 is 5.91 Å². The molecule has 1 fully saturated rings. The van der Waals surface area contributed by atoms with Crippen LogP contribution in [0.25, 0.3) is 0 Å². The largest absolute Gasteiger partial charge is 0.388 e. The summed E-state index contributed by atoms with van der Waals surface area (Å²) in [6, 6.07) is 13.4. The summed E-state index contributed by atoms with van der Waals surface area (Å²) in [6.45, 7) is 1.40. The number of benzene rings is 1. The zero-order valence-electron chi connectivity index (χ0n) is 11.9. The van der Waals surface area contributed by atoms with Crippen LogP contribution in [0, 0.1) is 5.92 Å². The molecule has 0 bridgehead atoms. The highest BCUT2D eigenvalue weighted by Gasteiger charge is 2.28. The molecule has 4 heteroatoms. The number of hydrogen-bond acceptors (Lipinski definition) is 2. The van der Waals surface area contributed by atoms with Gasteiger partial charge in [0.2, 0.25) is 0 Å². The monoisotopic (exact) mass is 284 g/mol. The Morgan fingerprint density at radius 2 is 1.86 bits per heavy atom. The average molecular weight is 284 g/mol. The maximum Gasteiger partial charge on any atom is 0.270 e. The molecule has 21 heavy (non-hydrogen) atoms. The van der Waals surface area contributed by atoms with Crippen molar-refractivity contribution in [3.8, 4) is 0 Å². The number of H-pyrrole nitrogens is 1. The number of nitrogens with zero attached hydrogens (tertiary/aromatic N) is 1. The van der Waals surface area contributed by atoms with Crippen LogP contribution in [-0.2, 0) is 0 Å². The predicted octanol–water partition coefficient (Wildman–Crippen LogP) is 2.60. The summed E-state index contributed by atoms with van der Waals surface area (Å²) in [5.74, 6) is 0.271. The van der Waals surface area contributed by atoms with E-state index < -0.39 is 6.10 Å². The topological polar surface area (TPSA) is 56.3 Å². The molecule has 1 unspecified atom stereocenters. The van der Waals surface area contributed by atoms with Gasteiger partial charge in [0.25, 0.3) is 5.91 Å². The number of amides is 1. The van der Waals surface area contributed by atoms with Crippen LogP contribution in [0.2, 0.25) is 0 Å². The Hall–Kier alpha value is -2.07. The standard InChI is InChI=1S/C17H20N2O2/c20-16(13-5-2-1-3-6-13)14-8-11-19(12-9-14)17(21)15-7-4-10-18-15/h1-7,10,14,16,18,20H,8-9,11-12H2. The number of likely N-dealkylation sites (tertiary alicyclic amines) is 1. The molecule has 3 rings (SSSR count). The van der Waals surface area contributed by atoms with Crippen LogP contribution in [0.4, 0.5) is 0 Å². The van der Waals surface area contributed by atoms with Gasteiger partial charge in [0.15, 0.2) is 0 Å². The molecule has 110 valence electrons. The van der Waals surface area contributed by atoms with Crippen molar-refractivity contribution in [1.29, 1.82) is 0 Å². The number of aliphatic hydroxyl groups is 1. The molecule has 0 saturated carbocycles. The summed E-state index contributed by atoms with van der Waals surface area (Å²) in [5.41, 5.74) is 1.60. The molecule has 1 aliphatic heterocycles. The van der Waals surface area contributed by atoms with Gasteiger partial charge in [-0.05, 0) is 36.5 Å². The number of carbonyl (C=O) groups excluding carboxylic acids is 1. The smallest absolute Gasteiger partial charge is 0.270 e. The number of piperidine rings is 1. The summed E-state index contributed by atoms with van der Waals surface area (Å²) in [5, 5.41) is 10.4. The third-order valence-electron chi connectivity index (χ3n) is 4.24. The van der Waals surface area contributed by atoms with E-state index in [2.05, 4.69) is 4.98 Å². The van der Waals surface area contributed by atoms with Gasteiger partial charge in [-0.15, -0.1) is 0 Å². The quantitative estimate of drug-likeness (QED) is 0.910. The number of aromatic nitrogens is 1. The molecular formula is C17H20N2O2. The minimum atomic E-state index is -0.436. The number of carbonyl (C=O) groups is 1. The van der Waals surface area contributed by atoms with Gasteiger partial charge in [-0.3, -0.25) is 4.79 Å². The van der Waals surface area contributed by atoms with Crippen molar-refractivity contribution in [2.75, 3.05) is 13.1 Å². The van der Waals surface area contributed by atoms with E-state index >= 15 is 0 Å². The van der Waals surface area contributed by atoms with Crippen LogP contribution in [0.3, 0.4) is 0 Å².